The first-order valence-corrected chi connectivity index (χ1v) is 5.81. The molecule has 5 heteroatoms. The van der Waals surface area contributed by atoms with Crippen molar-refractivity contribution in [2.24, 2.45) is 0 Å². The summed E-state index contributed by atoms with van der Waals surface area (Å²) in [7, 11) is 1.40. The highest BCUT2D eigenvalue weighted by Gasteiger charge is 2.55. The summed E-state index contributed by atoms with van der Waals surface area (Å²) >= 11 is 0. The van der Waals surface area contributed by atoms with Gasteiger partial charge in [0.2, 0.25) is 0 Å². The van der Waals surface area contributed by atoms with Gasteiger partial charge in [-0.1, -0.05) is 0 Å². The smallest absolute Gasteiger partial charge is 0.319 e. The Morgan fingerprint density at radius 2 is 2.28 bits per heavy atom. The van der Waals surface area contributed by atoms with Crippen LogP contribution < -0.4 is 0 Å². The highest BCUT2D eigenvalue weighted by atomic mass is 16.5. The molecule has 1 saturated carbocycles. The van der Waals surface area contributed by atoms with Crippen LogP contribution in [-0.2, 0) is 14.9 Å². The topological polar surface area (TPSA) is 67.9 Å². The van der Waals surface area contributed by atoms with Gasteiger partial charge in [-0.05, 0) is 25.0 Å². The lowest BCUT2D eigenvalue weighted by Gasteiger charge is -2.11. The Bertz CT molecular complexity index is 574. The summed E-state index contributed by atoms with van der Waals surface area (Å²) in [6.07, 6.45) is 6.91. The van der Waals surface area contributed by atoms with Gasteiger partial charge in [0, 0.05) is 24.2 Å². The molecule has 1 N–H and O–H groups in total. The standard InChI is InChI=1S/C13H13N3O2/c1-18-12(17)13(4-5-13)11-15-7-3-10(16-11)9-2-6-14-8-9/h2-3,6-8,14H,4-5H2,1H3. The average Bonchev–Trinajstić information content (AvgIpc) is 3.05. The first-order chi connectivity index (χ1) is 8.76. The van der Waals surface area contributed by atoms with Crippen LogP contribution in [0, 0.1) is 0 Å². The second-order valence-corrected chi connectivity index (χ2v) is 4.44. The fraction of sp³-hybridized carbons (Fsp3) is 0.308. The summed E-state index contributed by atoms with van der Waals surface area (Å²) in [5.74, 6) is 0.321. The Hall–Kier alpha value is -2.17. The minimum Gasteiger partial charge on any atom is -0.468 e. The molecule has 1 fully saturated rings. The van der Waals surface area contributed by atoms with Crippen molar-refractivity contribution in [1.29, 1.82) is 0 Å². The van der Waals surface area contributed by atoms with Crippen molar-refractivity contribution in [3.63, 3.8) is 0 Å². The van der Waals surface area contributed by atoms with Gasteiger partial charge >= 0.3 is 5.97 Å². The normalized spacial score (nSPS) is 16.3. The van der Waals surface area contributed by atoms with Gasteiger partial charge in [-0.15, -0.1) is 0 Å². The number of methoxy groups -OCH3 is 1. The molecule has 0 saturated heterocycles. The fourth-order valence-corrected chi connectivity index (χ4v) is 2.07. The van der Waals surface area contributed by atoms with E-state index in [2.05, 4.69) is 15.0 Å². The van der Waals surface area contributed by atoms with Crippen LogP contribution in [0.5, 0.6) is 0 Å². The molecule has 2 aromatic heterocycles. The van der Waals surface area contributed by atoms with Gasteiger partial charge in [0.05, 0.1) is 12.8 Å². The molecule has 0 bridgehead atoms. The van der Waals surface area contributed by atoms with Gasteiger partial charge in [-0.2, -0.15) is 0 Å². The van der Waals surface area contributed by atoms with Crippen molar-refractivity contribution < 1.29 is 9.53 Å². The van der Waals surface area contributed by atoms with E-state index in [0.29, 0.717) is 5.82 Å². The first-order valence-electron chi connectivity index (χ1n) is 5.81. The van der Waals surface area contributed by atoms with E-state index in [1.165, 1.54) is 7.11 Å². The van der Waals surface area contributed by atoms with Crippen molar-refractivity contribution in [3.8, 4) is 11.3 Å². The van der Waals surface area contributed by atoms with E-state index in [1.807, 2.05) is 24.5 Å². The summed E-state index contributed by atoms with van der Waals surface area (Å²) < 4.78 is 4.84. The maximum Gasteiger partial charge on any atom is 0.319 e. The van der Waals surface area contributed by atoms with Crippen LogP contribution in [0.25, 0.3) is 11.3 Å². The second-order valence-electron chi connectivity index (χ2n) is 4.44. The maximum absolute atomic E-state index is 11.8. The predicted octanol–water partition coefficient (Wildman–Crippen LogP) is 1.68. The molecule has 0 unspecified atom stereocenters. The number of hydrogen-bond acceptors (Lipinski definition) is 4. The number of H-pyrrole nitrogens is 1. The lowest BCUT2D eigenvalue weighted by molar-refractivity contribution is -0.143. The van der Waals surface area contributed by atoms with Gasteiger partial charge in [0.25, 0.3) is 0 Å². The lowest BCUT2D eigenvalue weighted by Crippen LogP contribution is -2.24. The Kier molecular flexibility index (Phi) is 2.40. The molecule has 92 valence electrons. The van der Waals surface area contributed by atoms with E-state index in [1.54, 1.807) is 6.20 Å². The van der Waals surface area contributed by atoms with E-state index in [4.69, 9.17) is 4.74 Å². The molecule has 1 aliphatic carbocycles. The quantitative estimate of drug-likeness (QED) is 0.833. The zero-order valence-electron chi connectivity index (χ0n) is 10.0. The molecule has 3 rings (SSSR count). The summed E-state index contributed by atoms with van der Waals surface area (Å²) in [6, 6.07) is 3.77. The number of nitrogens with one attached hydrogen (secondary N) is 1. The summed E-state index contributed by atoms with van der Waals surface area (Å²) in [5, 5.41) is 0. The van der Waals surface area contributed by atoms with Gasteiger partial charge in [0.15, 0.2) is 0 Å². The molecule has 0 atom stereocenters. The molecule has 0 spiro atoms. The van der Waals surface area contributed by atoms with Crippen LogP contribution >= 0.6 is 0 Å². The summed E-state index contributed by atoms with van der Waals surface area (Å²) in [4.78, 5) is 23.5. The van der Waals surface area contributed by atoms with E-state index >= 15 is 0 Å². The number of ether oxygens (including phenoxy) is 1. The van der Waals surface area contributed by atoms with Crippen molar-refractivity contribution in [3.05, 3.63) is 36.5 Å². The minimum atomic E-state index is -0.610. The fourth-order valence-electron chi connectivity index (χ4n) is 2.07. The molecule has 0 aromatic carbocycles. The average molecular weight is 243 g/mol. The van der Waals surface area contributed by atoms with Crippen LogP contribution in [0.2, 0.25) is 0 Å². The molecule has 1 aliphatic rings. The maximum atomic E-state index is 11.8. The number of carbonyl (C=O) groups is 1. The van der Waals surface area contributed by atoms with Crippen LogP contribution in [-0.4, -0.2) is 28.0 Å². The third-order valence-corrected chi connectivity index (χ3v) is 3.30. The molecule has 0 amide bonds. The van der Waals surface area contributed by atoms with Crippen molar-refractivity contribution >= 4 is 5.97 Å². The molecular formula is C13H13N3O2. The summed E-state index contributed by atoms with van der Waals surface area (Å²) in [5.41, 5.74) is 1.19. The second kappa shape index (κ2) is 3.94. The van der Waals surface area contributed by atoms with Crippen LogP contribution in [0.4, 0.5) is 0 Å². The zero-order chi connectivity index (χ0) is 12.6. The SMILES string of the molecule is COC(=O)C1(c2nccc(-c3cc[nH]c3)n2)CC1. The first kappa shape index (κ1) is 11.0. The van der Waals surface area contributed by atoms with Gasteiger partial charge in [0.1, 0.15) is 11.2 Å². The Morgan fingerprint density at radius 3 is 2.89 bits per heavy atom. The van der Waals surface area contributed by atoms with Gasteiger partial charge in [-0.3, -0.25) is 4.79 Å². The van der Waals surface area contributed by atoms with E-state index in [0.717, 1.165) is 24.1 Å². The Balaban J connectivity index is 2.00. The van der Waals surface area contributed by atoms with Crippen molar-refractivity contribution in [2.45, 2.75) is 18.3 Å². The number of aromatic amines is 1. The molecule has 2 aromatic rings. The molecule has 5 nitrogen and oxygen atoms in total. The van der Waals surface area contributed by atoms with Crippen LogP contribution in [0.15, 0.2) is 30.7 Å². The number of hydrogen-bond donors (Lipinski definition) is 1. The van der Waals surface area contributed by atoms with Gasteiger partial charge in [-0.25, -0.2) is 9.97 Å². The summed E-state index contributed by atoms with van der Waals surface area (Å²) in [6.45, 7) is 0. The minimum absolute atomic E-state index is 0.242. The third kappa shape index (κ3) is 1.59. The highest BCUT2D eigenvalue weighted by Crippen LogP contribution is 2.47. The van der Waals surface area contributed by atoms with E-state index in [9.17, 15) is 4.79 Å². The molecule has 2 heterocycles. The van der Waals surface area contributed by atoms with Crippen molar-refractivity contribution in [2.75, 3.05) is 7.11 Å². The highest BCUT2D eigenvalue weighted by molar-refractivity contribution is 5.85. The van der Waals surface area contributed by atoms with Crippen molar-refractivity contribution in [1.82, 2.24) is 15.0 Å². The number of esters is 1. The third-order valence-electron chi connectivity index (χ3n) is 3.30. The van der Waals surface area contributed by atoms with Crippen LogP contribution in [0.3, 0.4) is 0 Å². The molecule has 18 heavy (non-hydrogen) atoms. The lowest BCUT2D eigenvalue weighted by atomic mass is 10.1. The largest absolute Gasteiger partial charge is 0.468 e. The Labute approximate surface area is 104 Å². The zero-order valence-corrected chi connectivity index (χ0v) is 10.0. The predicted molar refractivity (Wildman–Crippen MR) is 64.7 cm³/mol. The monoisotopic (exact) mass is 243 g/mol. The van der Waals surface area contributed by atoms with E-state index < -0.39 is 5.41 Å². The number of rotatable bonds is 3. The molecule has 0 aliphatic heterocycles. The number of carbonyl (C=O) groups excluding carboxylic acids is 1. The van der Waals surface area contributed by atoms with Gasteiger partial charge < -0.3 is 9.72 Å². The number of aromatic nitrogens is 3. The Morgan fingerprint density at radius 1 is 1.44 bits per heavy atom. The molecular weight excluding hydrogens is 230 g/mol. The van der Waals surface area contributed by atoms with E-state index in [-0.39, 0.29) is 5.97 Å². The number of nitrogens with zero attached hydrogens (tertiary/aromatic N) is 2. The van der Waals surface area contributed by atoms with Crippen LogP contribution in [0.1, 0.15) is 18.7 Å². The molecule has 0 radical (unpaired) electrons.